The Morgan fingerprint density at radius 1 is 1.13 bits per heavy atom. The second kappa shape index (κ2) is 7.13. The summed E-state index contributed by atoms with van der Waals surface area (Å²) in [5.74, 6) is -0.247. The van der Waals surface area contributed by atoms with Crippen LogP contribution in [0.15, 0.2) is 24.3 Å². The average Bonchev–Trinajstić information content (AvgIpc) is 2.54. The van der Waals surface area contributed by atoms with E-state index in [-0.39, 0.29) is 17.9 Å². The molecule has 1 fully saturated rings. The summed E-state index contributed by atoms with van der Waals surface area (Å²) in [6, 6.07) is 7.56. The maximum absolute atomic E-state index is 11.9. The van der Waals surface area contributed by atoms with Gasteiger partial charge in [0.2, 0.25) is 0 Å². The normalized spacial score (nSPS) is 16.9. The fraction of sp³-hybridized carbons (Fsp3) is 0.556. The second-order valence-corrected chi connectivity index (χ2v) is 6.91. The molecule has 1 saturated heterocycles. The SMILES string of the molecule is COC(=O)c1ccccc1C1CCN(OC(=O)C(C)(C)C)CC1. The number of nitrogens with zero attached hydrogens (tertiary/aromatic N) is 1. The van der Waals surface area contributed by atoms with Crippen LogP contribution >= 0.6 is 0 Å². The van der Waals surface area contributed by atoms with Crippen LogP contribution in [0.3, 0.4) is 0 Å². The van der Waals surface area contributed by atoms with E-state index >= 15 is 0 Å². The van der Waals surface area contributed by atoms with Crippen molar-refractivity contribution in [2.24, 2.45) is 5.41 Å². The van der Waals surface area contributed by atoms with Gasteiger partial charge in [0, 0.05) is 13.1 Å². The molecule has 1 aromatic carbocycles. The summed E-state index contributed by atoms with van der Waals surface area (Å²) in [6.07, 6.45) is 1.68. The highest BCUT2D eigenvalue weighted by Gasteiger charge is 2.29. The highest BCUT2D eigenvalue weighted by molar-refractivity contribution is 5.91. The number of hydrogen-bond acceptors (Lipinski definition) is 5. The molecule has 1 aromatic rings. The Balaban J connectivity index is 2.00. The van der Waals surface area contributed by atoms with Crippen LogP contribution < -0.4 is 0 Å². The molecule has 1 heterocycles. The van der Waals surface area contributed by atoms with Gasteiger partial charge in [0.05, 0.1) is 18.1 Å². The molecule has 2 rings (SSSR count). The summed E-state index contributed by atoms with van der Waals surface area (Å²) in [4.78, 5) is 29.3. The Hall–Kier alpha value is -1.88. The standard InChI is InChI=1S/C18H25NO4/c1-18(2,3)17(21)23-19-11-9-13(10-12-19)14-7-5-6-8-15(14)16(20)22-4/h5-8,13H,9-12H2,1-4H3. The summed E-state index contributed by atoms with van der Waals surface area (Å²) in [6.45, 7) is 6.86. The zero-order chi connectivity index (χ0) is 17.0. The summed E-state index contributed by atoms with van der Waals surface area (Å²) in [5, 5.41) is 1.73. The lowest BCUT2D eigenvalue weighted by molar-refractivity contribution is -0.204. The molecule has 0 atom stereocenters. The first-order chi connectivity index (χ1) is 10.8. The first-order valence-electron chi connectivity index (χ1n) is 7.97. The number of ether oxygens (including phenoxy) is 1. The van der Waals surface area contributed by atoms with Crippen LogP contribution in [-0.2, 0) is 14.4 Å². The van der Waals surface area contributed by atoms with E-state index in [9.17, 15) is 9.59 Å². The van der Waals surface area contributed by atoms with E-state index in [2.05, 4.69) is 0 Å². The number of rotatable bonds is 3. The van der Waals surface area contributed by atoms with E-state index in [1.54, 1.807) is 11.1 Å². The Labute approximate surface area is 137 Å². The molecule has 1 aliphatic rings. The van der Waals surface area contributed by atoms with Crippen molar-refractivity contribution in [2.45, 2.75) is 39.5 Å². The maximum atomic E-state index is 11.9. The van der Waals surface area contributed by atoms with Gasteiger partial charge >= 0.3 is 11.9 Å². The van der Waals surface area contributed by atoms with Crippen molar-refractivity contribution >= 4 is 11.9 Å². The molecular formula is C18H25NO4. The van der Waals surface area contributed by atoms with Crippen molar-refractivity contribution in [2.75, 3.05) is 20.2 Å². The van der Waals surface area contributed by atoms with E-state index in [0.29, 0.717) is 18.7 Å². The Morgan fingerprint density at radius 3 is 2.30 bits per heavy atom. The molecule has 5 nitrogen and oxygen atoms in total. The molecule has 0 amide bonds. The molecule has 0 unspecified atom stereocenters. The van der Waals surface area contributed by atoms with Crippen LogP contribution in [0.1, 0.15) is 55.5 Å². The fourth-order valence-corrected chi connectivity index (χ4v) is 2.66. The van der Waals surface area contributed by atoms with Crippen LogP contribution in [-0.4, -0.2) is 37.2 Å². The molecule has 0 aromatic heterocycles. The van der Waals surface area contributed by atoms with Gasteiger partial charge in [-0.05, 0) is 51.2 Å². The third kappa shape index (κ3) is 4.32. The van der Waals surface area contributed by atoms with Crippen molar-refractivity contribution in [3.8, 4) is 0 Å². The summed E-state index contributed by atoms with van der Waals surface area (Å²) in [5.41, 5.74) is 1.13. The third-order valence-corrected chi connectivity index (χ3v) is 4.08. The van der Waals surface area contributed by atoms with Gasteiger partial charge in [0.15, 0.2) is 0 Å². The van der Waals surface area contributed by atoms with E-state index in [4.69, 9.17) is 9.57 Å². The molecule has 126 valence electrons. The highest BCUT2D eigenvalue weighted by Crippen LogP contribution is 2.31. The number of carbonyl (C=O) groups excluding carboxylic acids is 2. The van der Waals surface area contributed by atoms with E-state index < -0.39 is 5.41 Å². The van der Waals surface area contributed by atoms with Crippen LogP contribution in [0.5, 0.6) is 0 Å². The van der Waals surface area contributed by atoms with E-state index in [1.165, 1.54) is 7.11 Å². The van der Waals surface area contributed by atoms with Crippen LogP contribution in [0.2, 0.25) is 0 Å². The predicted molar refractivity (Wildman–Crippen MR) is 86.9 cm³/mol. The smallest absolute Gasteiger partial charge is 0.338 e. The quantitative estimate of drug-likeness (QED) is 0.801. The first-order valence-corrected chi connectivity index (χ1v) is 7.97. The molecule has 0 aliphatic carbocycles. The lowest BCUT2D eigenvalue weighted by Crippen LogP contribution is -2.38. The number of hydrogen-bond donors (Lipinski definition) is 0. The van der Waals surface area contributed by atoms with Gasteiger partial charge in [-0.2, -0.15) is 0 Å². The van der Waals surface area contributed by atoms with Gasteiger partial charge < -0.3 is 9.57 Å². The molecule has 23 heavy (non-hydrogen) atoms. The lowest BCUT2D eigenvalue weighted by atomic mass is 9.87. The number of esters is 1. The summed E-state index contributed by atoms with van der Waals surface area (Å²) >= 11 is 0. The molecule has 0 saturated carbocycles. The van der Waals surface area contributed by atoms with Gasteiger partial charge in [0.25, 0.3) is 0 Å². The fourth-order valence-electron chi connectivity index (χ4n) is 2.66. The van der Waals surface area contributed by atoms with Gasteiger partial charge in [-0.25, -0.2) is 9.59 Å². The predicted octanol–water partition coefficient (Wildman–Crippen LogP) is 3.16. The number of hydroxylamine groups is 2. The molecule has 0 radical (unpaired) electrons. The molecule has 0 bridgehead atoms. The highest BCUT2D eigenvalue weighted by atomic mass is 16.7. The van der Waals surface area contributed by atoms with Crippen LogP contribution in [0, 0.1) is 5.41 Å². The summed E-state index contributed by atoms with van der Waals surface area (Å²) < 4.78 is 4.86. The van der Waals surface area contributed by atoms with Gasteiger partial charge in [-0.3, -0.25) is 0 Å². The molecular weight excluding hydrogens is 294 g/mol. The topological polar surface area (TPSA) is 55.8 Å². The average molecular weight is 319 g/mol. The lowest BCUT2D eigenvalue weighted by Gasteiger charge is -2.32. The van der Waals surface area contributed by atoms with Crippen LogP contribution in [0.25, 0.3) is 0 Å². The monoisotopic (exact) mass is 319 g/mol. The number of methoxy groups -OCH3 is 1. The number of carbonyl (C=O) groups is 2. The van der Waals surface area contributed by atoms with Crippen molar-refractivity contribution in [1.29, 1.82) is 0 Å². The largest absolute Gasteiger partial charge is 0.465 e. The molecule has 5 heteroatoms. The second-order valence-electron chi connectivity index (χ2n) is 6.91. The number of benzene rings is 1. The van der Waals surface area contributed by atoms with Crippen LogP contribution in [0.4, 0.5) is 0 Å². The van der Waals surface area contributed by atoms with E-state index in [1.807, 2.05) is 39.0 Å². The van der Waals surface area contributed by atoms with Crippen molar-refractivity contribution in [3.63, 3.8) is 0 Å². The first kappa shape index (κ1) is 17.5. The Morgan fingerprint density at radius 2 is 1.74 bits per heavy atom. The van der Waals surface area contributed by atoms with Gasteiger partial charge in [-0.1, -0.05) is 18.2 Å². The van der Waals surface area contributed by atoms with Crippen molar-refractivity contribution < 1.29 is 19.2 Å². The minimum absolute atomic E-state index is 0.217. The summed E-state index contributed by atoms with van der Waals surface area (Å²) in [7, 11) is 1.40. The molecule has 0 N–H and O–H groups in total. The Bertz CT molecular complexity index is 569. The molecule has 1 aliphatic heterocycles. The minimum Gasteiger partial charge on any atom is -0.465 e. The van der Waals surface area contributed by atoms with Crippen molar-refractivity contribution in [1.82, 2.24) is 5.06 Å². The van der Waals surface area contributed by atoms with Gasteiger partial charge in [0.1, 0.15) is 0 Å². The van der Waals surface area contributed by atoms with Gasteiger partial charge in [-0.15, -0.1) is 5.06 Å². The van der Waals surface area contributed by atoms with Crippen molar-refractivity contribution in [3.05, 3.63) is 35.4 Å². The zero-order valence-electron chi connectivity index (χ0n) is 14.3. The maximum Gasteiger partial charge on any atom is 0.338 e. The molecule has 0 spiro atoms. The number of piperidine rings is 1. The Kier molecular flexibility index (Phi) is 5.42. The minimum atomic E-state index is -0.506. The van der Waals surface area contributed by atoms with E-state index in [0.717, 1.165) is 18.4 Å². The third-order valence-electron chi connectivity index (χ3n) is 4.08. The zero-order valence-corrected chi connectivity index (χ0v) is 14.3.